The third-order valence-electron chi connectivity index (χ3n) is 6.11. The first-order valence-electron chi connectivity index (χ1n) is 9.87. The molecule has 27 heavy (non-hydrogen) atoms. The van der Waals surface area contributed by atoms with Gasteiger partial charge in [0.2, 0.25) is 0 Å². The molecule has 2 heterocycles. The molecule has 0 saturated heterocycles. The lowest BCUT2D eigenvalue weighted by atomic mass is 9.86. The molecule has 1 aliphatic heterocycles. The molecular formula is C20H26Cl2N4O. The Kier molecular flexibility index (Phi) is 5.74. The molecule has 2 aromatic rings. The van der Waals surface area contributed by atoms with E-state index >= 15 is 0 Å². The second-order valence-corrected chi connectivity index (χ2v) is 8.29. The topological polar surface area (TPSA) is 52.0 Å². The maximum atomic E-state index is 6.23. The van der Waals surface area contributed by atoms with Gasteiger partial charge < -0.3 is 10.1 Å². The second-order valence-electron chi connectivity index (χ2n) is 7.85. The van der Waals surface area contributed by atoms with Crippen molar-refractivity contribution in [3.8, 4) is 5.69 Å². The van der Waals surface area contributed by atoms with Gasteiger partial charge in [-0.3, -0.25) is 4.57 Å². The van der Waals surface area contributed by atoms with Gasteiger partial charge in [-0.25, -0.2) is 0 Å². The Morgan fingerprint density at radius 2 is 1.78 bits per heavy atom. The van der Waals surface area contributed by atoms with Crippen LogP contribution in [0.15, 0.2) is 18.2 Å². The Labute approximate surface area is 171 Å². The fourth-order valence-corrected chi connectivity index (χ4v) is 4.63. The van der Waals surface area contributed by atoms with Crippen LogP contribution in [0.1, 0.15) is 68.1 Å². The monoisotopic (exact) mass is 408 g/mol. The van der Waals surface area contributed by atoms with Gasteiger partial charge in [0, 0.05) is 17.5 Å². The van der Waals surface area contributed by atoms with Crippen LogP contribution in [0.5, 0.6) is 0 Å². The highest BCUT2D eigenvalue weighted by atomic mass is 35.5. The van der Waals surface area contributed by atoms with E-state index in [1.165, 1.54) is 30.5 Å². The van der Waals surface area contributed by atoms with Gasteiger partial charge in [-0.2, -0.15) is 0 Å². The van der Waals surface area contributed by atoms with Crippen LogP contribution < -0.4 is 5.32 Å². The summed E-state index contributed by atoms with van der Waals surface area (Å²) in [5.74, 6) is 2.56. The van der Waals surface area contributed by atoms with Crippen LogP contribution in [-0.2, 0) is 17.8 Å². The molecule has 0 unspecified atom stereocenters. The smallest absolute Gasteiger partial charge is 0.151 e. The largest absolute Gasteiger partial charge is 0.375 e. The highest BCUT2D eigenvalue weighted by Crippen LogP contribution is 2.37. The number of benzene rings is 1. The molecule has 0 radical (unpaired) electrons. The van der Waals surface area contributed by atoms with Gasteiger partial charge in [0.05, 0.1) is 24.4 Å². The van der Waals surface area contributed by atoms with E-state index in [1.54, 1.807) is 0 Å². The van der Waals surface area contributed by atoms with E-state index in [1.807, 2.05) is 12.1 Å². The van der Waals surface area contributed by atoms with E-state index in [4.69, 9.17) is 16.3 Å². The van der Waals surface area contributed by atoms with Crippen molar-refractivity contribution in [2.45, 2.75) is 76.2 Å². The van der Waals surface area contributed by atoms with Gasteiger partial charge in [-0.05, 0) is 68.7 Å². The maximum absolute atomic E-state index is 6.23. The molecular weight excluding hydrogens is 383 g/mol. The third-order valence-corrected chi connectivity index (χ3v) is 6.35. The third kappa shape index (κ3) is 3.75. The standard InChI is InChI=1S/C20H25ClN4O.ClH/c21-15-6-9-18-14(10-15)11-22-12-19-23-24-20(25(18)19)13-4-7-17(8-5-13)26-16-2-1-3-16;/h6,9-10,13,16-17,22H,1-5,7-8,11-12H2;1H/t13-,17+;. The van der Waals surface area contributed by atoms with E-state index in [2.05, 4.69) is 26.1 Å². The van der Waals surface area contributed by atoms with Crippen molar-refractivity contribution < 1.29 is 4.74 Å². The molecule has 0 amide bonds. The predicted molar refractivity (Wildman–Crippen MR) is 108 cm³/mol. The molecule has 1 aromatic heterocycles. The summed E-state index contributed by atoms with van der Waals surface area (Å²) in [6.07, 6.45) is 9.35. The van der Waals surface area contributed by atoms with Crippen LogP contribution in [0, 0.1) is 0 Å². The first-order chi connectivity index (χ1) is 12.8. The second kappa shape index (κ2) is 8.08. The van der Waals surface area contributed by atoms with Crippen molar-refractivity contribution in [2.75, 3.05) is 0 Å². The Morgan fingerprint density at radius 3 is 2.52 bits per heavy atom. The van der Waals surface area contributed by atoms with Crippen molar-refractivity contribution >= 4 is 24.0 Å². The van der Waals surface area contributed by atoms with E-state index in [0.717, 1.165) is 55.4 Å². The molecule has 2 fully saturated rings. The molecule has 2 saturated carbocycles. The minimum Gasteiger partial charge on any atom is -0.375 e. The molecule has 0 spiro atoms. The number of hydrogen-bond donors (Lipinski definition) is 1. The Balaban J connectivity index is 0.00000180. The summed E-state index contributed by atoms with van der Waals surface area (Å²) in [6.45, 7) is 1.54. The highest BCUT2D eigenvalue weighted by Gasteiger charge is 2.31. The quantitative estimate of drug-likeness (QED) is 0.809. The lowest BCUT2D eigenvalue weighted by Gasteiger charge is -2.34. The van der Waals surface area contributed by atoms with Crippen LogP contribution in [0.3, 0.4) is 0 Å². The average molecular weight is 409 g/mol. The van der Waals surface area contributed by atoms with Crippen LogP contribution in [-0.4, -0.2) is 27.0 Å². The Morgan fingerprint density at radius 1 is 1.00 bits per heavy atom. The summed E-state index contributed by atoms with van der Waals surface area (Å²) in [5.41, 5.74) is 2.38. The lowest BCUT2D eigenvalue weighted by molar-refractivity contribution is -0.0666. The Bertz CT molecular complexity index is 797. The number of nitrogens with zero attached hydrogens (tertiary/aromatic N) is 3. The molecule has 3 aliphatic rings. The number of rotatable bonds is 3. The first kappa shape index (κ1) is 19.2. The van der Waals surface area contributed by atoms with Crippen molar-refractivity contribution in [3.63, 3.8) is 0 Å². The zero-order chi connectivity index (χ0) is 17.5. The van der Waals surface area contributed by atoms with Gasteiger partial charge in [0.25, 0.3) is 0 Å². The zero-order valence-electron chi connectivity index (χ0n) is 15.4. The minimum atomic E-state index is 0. The fraction of sp³-hybridized carbons (Fsp3) is 0.600. The van der Waals surface area contributed by atoms with Gasteiger partial charge >= 0.3 is 0 Å². The predicted octanol–water partition coefficient (Wildman–Crippen LogP) is 4.54. The van der Waals surface area contributed by atoms with Crippen molar-refractivity contribution in [3.05, 3.63) is 40.4 Å². The number of hydrogen-bond acceptors (Lipinski definition) is 4. The number of aromatic nitrogens is 3. The number of halogens is 2. The maximum Gasteiger partial charge on any atom is 0.151 e. The number of fused-ring (bicyclic) bond motifs is 3. The van der Waals surface area contributed by atoms with E-state index in [-0.39, 0.29) is 12.4 Å². The Hall–Kier alpha value is -1.14. The van der Waals surface area contributed by atoms with E-state index < -0.39 is 0 Å². The van der Waals surface area contributed by atoms with Gasteiger partial charge in [-0.1, -0.05) is 11.6 Å². The van der Waals surface area contributed by atoms with Crippen molar-refractivity contribution in [1.29, 1.82) is 0 Å². The molecule has 5 nitrogen and oxygen atoms in total. The summed E-state index contributed by atoms with van der Waals surface area (Å²) in [4.78, 5) is 0. The molecule has 0 atom stereocenters. The van der Waals surface area contributed by atoms with E-state index in [9.17, 15) is 0 Å². The van der Waals surface area contributed by atoms with Crippen LogP contribution in [0.25, 0.3) is 5.69 Å². The molecule has 146 valence electrons. The molecule has 1 aromatic carbocycles. The fourth-order valence-electron chi connectivity index (χ4n) is 4.43. The first-order valence-corrected chi connectivity index (χ1v) is 10.2. The van der Waals surface area contributed by atoms with Crippen LogP contribution in [0.2, 0.25) is 5.02 Å². The summed E-state index contributed by atoms with van der Waals surface area (Å²) >= 11 is 6.21. The van der Waals surface area contributed by atoms with Crippen molar-refractivity contribution in [2.24, 2.45) is 0 Å². The van der Waals surface area contributed by atoms with Crippen LogP contribution in [0.4, 0.5) is 0 Å². The summed E-state index contributed by atoms with van der Waals surface area (Å²) in [7, 11) is 0. The normalized spacial score (nSPS) is 24.9. The summed E-state index contributed by atoms with van der Waals surface area (Å²) < 4.78 is 8.49. The average Bonchev–Trinajstić information content (AvgIpc) is 2.94. The van der Waals surface area contributed by atoms with Crippen molar-refractivity contribution in [1.82, 2.24) is 20.1 Å². The van der Waals surface area contributed by atoms with E-state index in [0.29, 0.717) is 18.1 Å². The molecule has 2 aliphatic carbocycles. The van der Waals surface area contributed by atoms with Gasteiger partial charge in [-0.15, -0.1) is 22.6 Å². The number of nitrogens with one attached hydrogen (secondary N) is 1. The lowest BCUT2D eigenvalue weighted by Crippen LogP contribution is -2.30. The zero-order valence-corrected chi connectivity index (χ0v) is 16.9. The summed E-state index contributed by atoms with van der Waals surface area (Å²) in [6, 6.07) is 6.11. The van der Waals surface area contributed by atoms with Gasteiger partial charge in [0.1, 0.15) is 5.82 Å². The molecule has 0 bridgehead atoms. The molecule has 7 heteroatoms. The summed E-state index contributed by atoms with van der Waals surface area (Å²) in [5, 5.41) is 13.3. The molecule has 5 rings (SSSR count). The van der Waals surface area contributed by atoms with Crippen LogP contribution >= 0.6 is 24.0 Å². The SMILES string of the molecule is Cl.Clc1ccc2c(c1)CNCc1nnc([C@H]3CC[C@@H](OC4CCC4)CC3)n1-2. The molecule has 1 N–H and O–H groups in total. The minimum absolute atomic E-state index is 0. The highest BCUT2D eigenvalue weighted by molar-refractivity contribution is 6.30. The van der Waals surface area contributed by atoms with Gasteiger partial charge in [0.15, 0.2) is 5.82 Å². The number of ether oxygens (including phenoxy) is 1.